The summed E-state index contributed by atoms with van der Waals surface area (Å²) in [5.74, 6) is -0.114. The topological polar surface area (TPSA) is 65.8 Å². The van der Waals surface area contributed by atoms with Gasteiger partial charge in [-0.2, -0.15) is 5.26 Å². The number of benzene rings is 2. The molecule has 0 atom stereocenters. The minimum absolute atomic E-state index is 0.114. The Kier molecular flexibility index (Phi) is 4.69. The van der Waals surface area contributed by atoms with E-state index in [0.717, 1.165) is 21.1 Å². The summed E-state index contributed by atoms with van der Waals surface area (Å²) < 4.78 is 0. The van der Waals surface area contributed by atoms with Crippen molar-refractivity contribution in [3.05, 3.63) is 70.7 Å². The summed E-state index contributed by atoms with van der Waals surface area (Å²) in [7, 11) is 0. The van der Waals surface area contributed by atoms with Crippen LogP contribution in [0.4, 0.5) is 5.69 Å². The largest absolute Gasteiger partial charge is 0.326 e. The number of aromatic nitrogens is 1. The highest BCUT2D eigenvalue weighted by Gasteiger charge is 2.13. The molecule has 5 heteroatoms. The van der Waals surface area contributed by atoms with Gasteiger partial charge in [-0.3, -0.25) is 4.79 Å². The molecule has 0 bridgehead atoms. The SMILES string of the molecule is Cc1nc(-c2ccccc2)sc1CC(=O)Nc1cccc(C#N)c1. The van der Waals surface area contributed by atoms with Gasteiger partial charge in [0.2, 0.25) is 5.91 Å². The van der Waals surface area contributed by atoms with Crippen molar-refractivity contribution in [3.63, 3.8) is 0 Å². The van der Waals surface area contributed by atoms with Crippen LogP contribution in [0.3, 0.4) is 0 Å². The maximum absolute atomic E-state index is 12.3. The van der Waals surface area contributed by atoms with Crippen molar-refractivity contribution in [2.24, 2.45) is 0 Å². The Hall–Kier alpha value is -2.97. The van der Waals surface area contributed by atoms with Crippen LogP contribution < -0.4 is 5.32 Å². The molecular weight excluding hydrogens is 318 g/mol. The first-order valence-electron chi connectivity index (χ1n) is 7.47. The van der Waals surface area contributed by atoms with Gasteiger partial charge in [0, 0.05) is 16.1 Å². The fourth-order valence-electron chi connectivity index (χ4n) is 2.31. The quantitative estimate of drug-likeness (QED) is 0.779. The molecule has 3 rings (SSSR count). The van der Waals surface area contributed by atoms with Crippen molar-refractivity contribution in [2.75, 3.05) is 5.32 Å². The van der Waals surface area contributed by atoms with Gasteiger partial charge in [0.05, 0.1) is 23.7 Å². The fraction of sp³-hybridized carbons (Fsp3) is 0.105. The van der Waals surface area contributed by atoms with Gasteiger partial charge in [0.25, 0.3) is 0 Å². The van der Waals surface area contributed by atoms with Crippen molar-refractivity contribution in [3.8, 4) is 16.6 Å². The number of hydrogen-bond donors (Lipinski definition) is 1. The molecule has 24 heavy (non-hydrogen) atoms. The fourth-order valence-corrected chi connectivity index (χ4v) is 3.38. The second-order valence-electron chi connectivity index (χ2n) is 5.31. The van der Waals surface area contributed by atoms with Crippen LogP contribution in [0, 0.1) is 18.3 Å². The second kappa shape index (κ2) is 7.07. The molecule has 1 N–H and O–H groups in total. The van der Waals surface area contributed by atoms with Crippen molar-refractivity contribution in [1.82, 2.24) is 4.98 Å². The van der Waals surface area contributed by atoms with Gasteiger partial charge in [-0.25, -0.2) is 4.98 Å². The van der Waals surface area contributed by atoms with Crippen LogP contribution in [-0.2, 0) is 11.2 Å². The zero-order chi connectivity index (χ0) is 16.9. The summed E-state index contributed by atoms with van der Waals surface area (Å²) in [6.07, 6.45) is 0.271. The first kappa shape index (κ1) is 15.9. The number of hydrogen-bond acceptors (Lipinski definition) is 4. The van der Waals surface area contributed by atoms with E-state index in [1.165, 1.54) is 11.3 Å². The lowest BCUT2D eigenvalue weighted by atomic mass is 10.2. The number of carbonyl (C=O) groups excluding carboxylic acids is 1. The van der Waals surface area contributed by atoms with Gasteiger partial charge >= 0.3 is 0 Å². The number of thiazole rings is 1. The molecule has 1 heterocycles. The van der Waals surface area contributed by atoms with Gasteiger partial charge in [-0.15, -0.1) is 11.3 Å². The summed E-state index contributed by atoms with van der Waals surface area (Å²) in [5, 5.41) is 12.7. The van der Waals surface area contributed by atoms with Crippen molar-refractivity contribution in [2.45, 2.75) is 13.3 Å². The highest BCUT2D eigenvalue weighted by atomic mass is 32.1. The summed E-state index contributed by atoms with van der Waals surface area (Å²) in [5.41, 5.74) is 3.08. The summed E-state index contributed by atoms with van der Waals surface area (Å²) in [6.45, 7) is 1.92. The number of anilines is 1. The molecular formula is C19H15N3OS. The highest BCUT2D eigenvalue weighted by Crippen LogP contribution is 2.28. The zero-order valence-corrected chi connectivity index (χ0v) is 13.9. The summed E-state index contributed by atoms with van der Waals surface area (Å²) >= 11 is 1.53. The number of carbonyl (C=O) groups is 1. The van der Waals surface area contributed by atoms with Crippen molar-refractivity contribution >= 4 is 22.9 Å². The Balaban J connectivity index is 1.73. The van der Waals surface area contributed by atoms with E-state index in [1.807, 2.05) is 37.3 Å². The molecule has 0 aliphatic rings. The number of nitrogens with zero attached hydrogens (tertiary/aromatic N) is 2. The smallest absolute Gasteiger partial charge is 0.229 e. The number of aryl methyl sites for hydroxylation is 1. The van der Waals surface area contributed by atoms with E-state index >= 15 is 0 Å². The molecule has 0 saturated heterocycles. The van der Waals surface area contributed by atoms with Crippen molar-refractivity contribution in [1.29, 1.82) is 5.26 Å². The van der Waals surface area contributed by atoms with E-state index < -0.39 is 0 Å². The lowest BCUT2D eigenvalue weighted by Crippen LogP contribution is -2.14. The Morgan fingerprint density at radius 2 is 2.00 bits per heavy atom. The minimum atomic E-state index is -0.114. The van der Waals surface area contributed by atoms with Crippen LogP contribution in [0.1, 0.15) is 16.1 Å². The van der Waals surface area contributed by atoms with E-state index in [2.05, 4.69) is 16.4 Å². The molecule has 0 fully saturated rings. The van der Waals surface area contributed by atoms with Crippen LogP contribution in [0.5, 0.6) is 0 Å². The molecule has 1 aromatic heterocycles. The number of rotatable bonds is 4. The zero-order valence-electron chi connectivity index (χ0n) is 13.1. The molecule has 3 aromatic rings. The Morgan fingerprint density at radius 3 is 2.75 bits per heavy atom. The van der Waals surface area contributed by atoms with Gasteiger partial charge in [-0.05, 0) is 25.1 Å². The maximum Gasteiger partial charge on any atom is 0.229 e. The third-order valence-corrected chi connectivity index (χ3v) is 4.72. The minimum Gasteiger partial charge on any atom is -0.326 e. The monoisotopic (exact) mass is 333 g/mol. The molecule has 0 aliphatic carbocycles. The lowest BCUT2D eigenvalue weighted by Gasteiger charge is -2.04. The van der Waals surface area contributed by atoms with Gasteiger partial charge in [0.1, 0.15) is 5.01 Å². The highest BCUT2D eigenvalue weighted by molar-refractivity contribution is 7.15. The van der Waals surface area contributed by atoms with Crippen LogP contribution in [0.25, 0.3) is 10.6 Å². The summed E-state index contributed by atoms with van der Waals surface area (Å²) in [6, 6.07) is 18.9. The Bertz CT molecular complexity index is 910. The molecule has 0 spiro atoms. The molecule has 4 nitrogen and oxygen atoms in total. The first-order chi connectivity index (χ1) is 11.7. The van der Waals surface area contributed by atoms with Gasteiger partial charge in [0.15, 0.2) is 0 Å². The van der Waals surface area contributed by atoms with Crippen LogP contribution in [0.15, 0.2) is 54.6 Å². The average Bonchev–Trinajstić information content (AvgIpc) is 2.96. The van der Waals surface area contributed by atoms with E-state index in [-0.39, 0.29) is 12.3 Å². The van der Waals surface area contributed by atoms with Crippen LogP contribution >= 0.6 is 11.3 Å². The predicted octanol–water partition coefficient (Wildman–Crippen LogP) is 4.17. The maximum atomic E-state index is 12.3. The third-order valence-electron chi connectivity index (χ3n) is 3.51. The summed E-state index contributed by atoms with van der Waals surface area (Å²) in [4.78, 5) is 17.8. The molecule has 0 unspecified atom stereocenters. The van der Waals surface area contributed by atoms with E-state index in [1.54, 1.807) is 24.3 Å². The average molecular weight is 333 g/mol. The molecule has 0 aliphatic heterocycles. The van der Waals surface area contributed by atoms with Gasteiger partial charge in [-0.1, -0.05) is 36.4 Å². The predicted molar refractivity (Wildman–Crippen MR) is 95.8 cm³/mol. The molecule has 0 radical (unpaired) electrons. The normalized spacial score (nSPS) is 10.2. The number of nitrogens with one attached hydrogen (secondary N) is 1. The van der Waals surface area contributed by atoms with Gasteiger partial charge < -0.3 is 5.32 Å². The lowest BCUT2D eigenvalue weighted by molar-refractivity contribution is -0.115. The second-order valence-corrected chi connectivity index (χ2v) is 6.39. The van der Waals surface area contributed by atoms with Crippen LogP contribution in [0.2, 0.25) is 0 Å². The molecule has 1 amide bonds. The van der Waals surface area contributed by atoms with Crippen LogP contribution in [-0.4, -0.2) is 10.9 Å². The molecule has 118 valence electrons. The first-order valence-corrected chi connectivity index (χ1v) is 8.29. The van der Waals surface area contributed by atoms with E-state index in [9.17, 15) is 4.79 Å². The molecule has 0 saturated carbocycles. The number of amides is 1. The molecule has 2 aromatic carbocycles. The third kappa shape index (κ3) is 3.67. The van der Waals surface area contributed by atoms with Crippen molar-refractivity contribution < 1.29 is 4.79 Å². The Labute approximate surface area is 144 Å². The standard InChI is InChI=1S/C19H15N3OS/c1-13-17(24-19(21-13)15-7-3-2-4-8-15)11-18(23)22-16-9-5-6-14(10-16)12-20/h2-10H,11H2,1H3,(H,22,23). The Morgan fingerprint density at radius 1 is 1.21 bits per heavy atom. The van der Waals surface area contributed by atoms with E-state index in [4.69, 9.17) is 5.26 Å². The van der Waals surface area contributed by atoms with E-state index in [0.29, 0.717) is 11.3 Å². The number of nitriles is 1.